The molecule has 9 rings (SSSR count). The number of rotatable bonds is 8. The summed E-state index contributed by atoms with van der Waals surface area (Å²) in [6.07, 6.45) is 10.8. The van der Waals surface area contributed by atoms with Crippen LogP contribution in [-0.4, -0.2) is 79.5 Å². The number of fused-ring (bicyclic) bond motifs is 6. The van der Waals surface area contributed by atoms with Crippen LogP contribution in [0.25, 0.3) is 22.3 Å². The van der Waals surface area contributed by atoms with Crippen LogP contribution < -0.4 is 29.6 Å². The lowest BCUT2D eigenvalue weighted by Gasteiger charge is -2.13. The van der Waals surface area contributed by atoms with Gasteiger partial charge in [-0.2, -0.15) is 17.7 Å². The number of halogens is 3. The summed E-state index contributed by atoms with van der Waals surface area (Å²) >= 11 is 0. The first-order valence-electron chi connectivity index (χ1n) is 20.4. The van der Waals surface area contributed by atoms with Gasteiger partial charge in [0.05, 0.1) is 62.0 Å². The number of benzene rings is 4. The molecule has 0 aliphatic carbocycles. The summed E-state index contributed by atoms with van der Waals surface area (Å²) in [6, 6.07) is 39.4. The Morgan fingerprint density at radius 3 is 1.55 bits per heavy atom. The molecule has 0 radical (unpaired) electrons. The molecule has 15 heteroatoms. The predicted molar refractivity (Wildman–Crippen MR) is 247 cm³/mol. The van der Waals surface area contributed by atoms with E-state index in [1.807, 2.05) is 48.5 Å². The predicted octanol–water partition coefficient (Wildman–Crippen LogP) is 7.73. The molecule has 2 aromatic heterocycles. The van der Waals surface area contributed by atoms with Gasteiger partial charge in [-0.3, -0.25) is 0 Å². The monoisotopic (exact) mass is 912 g/mol. The molecule has 6 aromatic rings. The van der Waals surface area contributed by atoms with Crippen LogP contribution in [0.15, 0.2) is 162 Å². The lowest BCUT2D eigenvalue weighted by atomic mass is 9.96. The summed E-state index contributed by atoms with van der Waals surface area (Å²) in [4.78, 5) is 9.38. The van der Waals surface area contributed by atoms with E-state index in [0.29, 0.717) is 0 Å². The number of methoxy groups -OCH3 is 4. The minimum Gasteiger partial charge on any atom is -0.741 e. The molecule has 0 unspecified atom stereocenters. The van der Waals surface area contributed by atoms with Gasteiger partial charge >= 0.3 is 5.51 Å². The Morgan fingerprint density at radius 1 is 0.606 bits per heavy atom. The van der Waals surface area contributed by atoms with Gasteiger partial charge in [-0.1, -0.05) is 48.5 Å². The number of allylic oxidation sites excluding steroid dienone is 5. The summed E-state index contributed by atoms with van der Waals surface area (Å²) in [5.74, 6) is 3.09. The molecule has 5 heterocycles. The summed E-state index contributed by atoms with van der Waals surface area (Å²) in [7, 11) is 4.92. The normalized spacial score (nSPS) is 14.7. The molecule has 0 spiro atoms. The number of H-pyrrole nitrogens is 1. The number of hydrogen-bond donors (Lipinski definition) is 1. The average molecular weight is 913 g/mol. The van der Waals surface area contributed by atoms with Gasteiger partial charge in [0.1, 0.15) is 30.0 Å². The number of likely N-dealkylation sites (N-methyl/N-ethyl adjacent to an activating group) is 1. The maximum atomic E-state index is 10.7. The number of alkyl halides is 3. The van der Waals surface area contributed by atoms with Crippen LogP contribution >= 0.6 is 0 Å². The van der Waals surface area contributed by atoms with Crippen molar-refractivity contribution >= 4 is 43.8 Å². The molecule has 0 amide bonds. The first-order valence-corrected chi connectivity index (χ1v) is 21.8. The topological polar surface area (TPSA) is 130 Å². The van der Waals surface area contributed by atoms with Crippen molar-refractivity contribution in [3.63, 3.8) is 0 Å². The fraction of sp³-hybridized carbons (Fsp3) is 0.137. The number of ether oxygens (including phenoxy) is 4. The molecule has 0 atom stereocenters. The Labute approximate surface area is 379 Å². The van der Waals surface area contributed by atoms with E-state index in [0.717, 1.165) is 112 Å². The van der Waals surface area contributed by atoms with E-state index in [2.05, 4.69) is 125 Å². The number of hydrogen-bond acceptors (Lipinski definition) is 8. The molecular formula is C51H43F3N4O7S. The number of nitrogens with one attached hydrogen (secondary N) is 1. The highest BCUT2D eigenvalue weighted by Gasteiger charge is 2.37. The second kappa shape index (κ2) is 18.1. The average Bonchev–Trinajstić information content (AvgIpc) is 4.13. The minimum atomic E-state index is -6.09. The lowest BCUT2D eigenvalue weighted by Crippen LogP contribution is -2.23. The van der Waals surface area contributed by atoms with Crippen LogP contribution in [-0.2, 0) is 17.2 Å². The van der Waals surface area contributed by atoms with E-state index >= 15 is 0 Å². The molecule has 4 aromatic carbocycles. The van der Waals surface area contributed by atoms with Crippen LogP contribution in [0.2, 0.25) is 0 Å². The van der Waals surface area contributed by atoms with Crippen molar-refractivity contribution in [3.8, 4) is 23.0 Å². The van der Waals surface area contributed by atoms with Gasteiger partial charge < -0.3 is 33.1 Å². The Balaban J connectivity index is 0.000000679. The van der Waals surface area contributed by atoms with Crippen LogP contribution in [0, 0.1) is 0 Å². The standard InChI is InChI=1S/C50H42N4O4.CHF3O3S/c1-53-30-35-29-46(53)50(34-14-10-18-39(28-34)58-6)43-22-21-42(52-43)49(33-13-9-17-38(27-33)57-5)45-24-23-44(54(45)2)48(32-12-8-16-37(26-32)56-4)41-20-19-40(51-41)47(35)31-11-7-15-36(25-31)55-3;2-1(3,4)8(5,6)7/h7-30H,1-6H3;(H,5,6,7). The van der Waals surface area contributed by atoms with E-state index in [-0.39, 0.29) is 0 Å². The van der Waals surface area contributed by atoms with Crippen molar-refractivity contribution in [2.45, 2.75) is 5.51 Å². The highest BCUT2D eigenvalue weighted by atomic mass is 32.2. The number of nitrogens with zero attached hydrogens (tertiary/aromatic N) is 3. The highest BCUT2D eigenvalue weighted by molar-refractivity contribution is 7.86. The van der Waals surface area contributed by atoms with Crippen LogP contribution in [0.5, 0.6) is 23.0 Å². The molecule has 8 bridgehead atoms. The van der Waals surface area contributed by atoms with E-state index in [1.165, 1.54) is 0 Å². The maximum absolute atomic E-state index is 10.7. The zero-order valence-electron chi connectivity index (χ0n) is 36.6. The van der Waals surface area contributed by atoms with Gasteiger partial charge in [-0.25, -0.2) is 13.4 Å². The van der Waals surface area contributed by atoms with Gasteiger partial charge in [0, 0.05) is 47.5 Å². The zero-order valence-corrected chi connectivity index (χ0v) is 37.4. The summed E-state index contributed by atoms with van der Waals surface area (Å²) in [5, 5.41) is 1.92. The van der Waals surface area contributed by atoms with Crippen molar-refractivity contribution in [2.24, 2.45) is 12.0 Å². The second-order valence-electron chi connectivity index (χ2n) is 15.2. The van der Waals surface area contributed by atoms with E-state index < -0.39 is 15.6 Å². The van der Waals surface area contributed by atoms with Crippen LogP contribution in [0.1, 0.15) is 33.5 Å². The smallest absolute Gasteiger partial charge is 0.485 e. The molecule has 0 fully saturated rings. The van der Waals surface area contributed by atoms with Crippen molar-refractivity contribution in [2.75, 3.05) is 35.5 Å². The first-order chi connectivity index (χ1) is 31.6. The number of aryl methyl sites for hydroxylation is 1. The van der Waals surface area contributed by atoms with Crippen molar-refractivity contribution in [3.05, 3.63) is 201 Å². The van der Waals surface area contributed by atoms with E-state index in [1.54, 1.807) is 28.4 Å². The molecule has 3 aliphatic heterocycles. The Bertz CT molecular complexity index is 3350. The molecule has 1 N–H and O–H groups in total. The van der Waals surface area contributed by atoms with E-state index in [9.17, 15) is 13.2 Å². The van der Waals surface area contributed by atoms with Crippen LogP contribution in [0.3, 0.4) is 0 Å². The van der Waals surface area contributed by atoms with Crippen molar-refractivity contribution < 1.29 is 49.7 Å². The summed E-state index contributed by atoms with van der Waals surface area (Å²) < 4.78 is 86.3. The second-order valence-corrected chi connectivity index (χ2v) is 16.6. The quantitative estimate of drug-likeness (QED) is 0.0941. The molecule has 3 aliphatic rings. The number of aromatic nitrogens is 2. The van der Waals surface area contributed by atoms with Crippen LogP contribution in [0.4, 0.5) is 13.2 Å². The fourth-order valence-corrected chi connectivity index (χ4v) is 8.18. The third-order valence-electron chi connectivity index (χ3n) is 11.3. The largest absolute Gasteiger partial charge is 0.741 e. The molecular weight excluding hydrogens is 870 g/mol. The summed E-state index contributed by atoms with van der Waals surface area (Å²) in [5.41, 5.74) is 8.12. The minimum absolute atomic E-state index is 0.768. The molecule has 336 valence electrons. The Morgan fingerprint density at radius 2 is 1.06 bits per heavy atom. The van der Waals surface area contributed by atoms with Gasteiger partial charge in [0.25, 0.3) is 0 Å². The summed E-state index contributed by atoms with van der Waals surface area (Å²) in [6.45, 7) is 0. The zero-order chi connectivity index (χ0) is 46.9. The van der Waals surface area contributed by atoms with Crippen molar-refractivity contribution in [1.29, 1.82) is 0 Å². The van der Waals surface area contributed by atoms with Gasteiger partial charge in [0.2, 0.25) is 11.4 Å². The SMILES string of the molecule is COc1cccc(C2=C3C=CC(=[N+]3C)C(c3cccc(OC)c3)=c3ccc([nH]3)=C(c3cccc(OC)c3)c3cc(n(C)c3)C(c3cccc(OC)c3)=C3C=CC2=N3)c1.O=S(=O)([O-])C(F)(F)F. The Kier molecular flexibility index (Phi) is 12.3. The molecule has 66 heavy (non-hydrogen) atoms. The third-order valence-corrected chi connectivity index (χ3v) is 11.8. The van der Waals surface area contributed by atoms with Crippen molar-refractivity contribution in [1.82, 2.24) is 9.55 Å². The maximum Gasteiger partial charge on any atom is 0.485 e. The van der Waals surface area contributed by atoms with Gasteiger partial charge in [-0.05, 0) is 101 Å². The molecule has 0 saturated carbocycles. The van der Waals surface area contributed by atoms with Gasteiger partial charge in [-0.15, -0.1) is 0 Å². The van der Waals surface area contributed by atoms with E-state index in [4.69, 9.17) is 36.9 Å². The fourth-order valence-electron chi connectivity index (χ4n) is 8.18. The highest BCUT2D eigenvalue weighted by Crippen LogP contribution is 2.38. The molecule has 0 saturated heterocycles. The first kappa shape index (κ1) is 45.0. The number of aromatic amines is 1. The Hall–Kier alpha value is -7.62. The number of aliphatic imine (C=N–C) groups is 1. The lowest BCUT2D eigenvalue weighted by molar-refractivity contribution is -0.431. The molecule has 11 nitrogen and oxygen atoms in total. The third kappa shape index (κ3) is 8.77. The van der Waals surface area contributed by atoms with Gasteiger partial charge in [0.15, 0.2) is 10.1 Å².